The van der Waals surface area contributed by atoms with Crippen LogP contribution in [0, 0.1) is 0 Å². The highest BCUT2D eigenvalue weighted by Crippen LogP contribution is 2.32. The summed E-state index contributed by atoms with van der Waals surface area (Å²) in [6.07, 6.45) is 1.01. The van der Waals surface area contributed by atoms with Gasteiger partial charge in [0.1, 0.15) is 5.44 Å². The van der Waals surface area contributed by atoms with Crippen LogP contribution >= 0.6 is 11.8 Å². The molecule has 0 N–H and O–H groups in total. The van der Waals surface area contributed by atoms with Crippen molar-refractivity contribution in [3.8, 4) is 0 Å². The third-order valence-electron chi connectivity index (χ3n) is 4.59. The first-order chi connectivity index (χ1) is 12.8. The van der Waals surface area contributed by atoms with E-state index in [1.807, 2.05) is 48.2 Å². The highest BCUT2D eigenvalue weighted by molar-refractivity contribution is 7.99. The third kappa shape index (κ3) is 5.58. The molecule has 4 heteroatoms. The average Bonchev–Trinajstić information content (AvgIpc) is 2.68. The third-order valence-corrected chi connectivity index (χ3v) is 5.66. The molecule has 4 atom stereocenters. The minimum atomic E-state index is 0.0390. The van der Waals surface area contributed by atoms with E-state index in [2.05, 4.69) is 38.1 Å². The molecule has 3 nitrogen and oxygen atoms in total. The Kier molecular flexibility index (Phi) is 7.56. The Morgan fingerprint density at radius 2 is 1.42 bits per heavy atom. The molecule has 1 saturated heterocycles. The summed E-state index contributed by atoms with van der Waals surface area (Å²) in [6, 6.07) is 20.6. The molecule has 0 saturated carbocycles. The van der Waals surface area contributed by atoms with Crippen molar-refractivity contribution in [3.63, 3.8) is 0 Å². The Labute approximate surface area is 161 Å². The van der Waals surface area contributed by atoms with E-state index >= 15 is 0 Å². The van der Waals surface area contributed by atoms with Crippen LogP contribution in [0.15, 0.2) is 60.7 Å². The molecule has 0 spiro atoms. The fourth-order valence-corrected chi connectivity index (χ4v) is 4.12. The Bertz CT molecular complexity index is 634. The normalized spacial score (nSPS) is 25.9. The summed E-state index contributed by atoms with van der Waals surface area (Å²) >= 11 is 1.81. The van der Waals surface area contributed by atoms with E-state index in [1.165, 1.54) is 11.1 Å². The number of benzene rings is 2. The minimum absolute atomic E-state index is 0.0390. The van der Waals surface area contributed by atoms with Crippen LogP contribution in [-0.4, -0.2) is 29.5 Å². The maximum Gasteiger partial charge on any atom is 0.129 e. The molecule has 26 heavy (non-hydrogen) atoms. The first-order valence-electron chi connectivity index (χ1n) is 9.34. The largest absolute Gasteiger partial charge is 0.371 e. The predicted octanol–water partition coefficient (Wildman–Crippen LogP) is 5.05. The van der Waals surface area contributed by atoms with Gasteiger partial charge in [0.15, 0.2) is 0 Å². The van der Waals surface area contributed by atoms with Crippen molar-refractivity contribution in [1.82, 2.24) is 0 Å². The number of ether oxygens (including phenoxy) is 3. The van der Waals surface area contributed by atoms with Crippen LogP contribution in [-0.2, 0) is 27.4 Å². The predicted molar refractivity (Wildman–Crippen MR) is 107 cm³/mol. The average molecular weight is 373 g/mol. The number of thioether (sulfide) groups is 1. The zero-order chi connectivity index (χ0) is 18.2. The van der Waals surface area contributed by atoms with Crippen molar-refractivity contribution >= 4 is 11.8 Å². The summed E-state index contributed by atoms with van der Waals surface area (Å²) < 4.78 is 18.7. The van der Waals surface area contributed by atoms with Gasteiger partial charge < -0.3 is 14.2 Å². The molecular weight excluding hydrogens is 344 g/mol. The van der Waals surface area contributed by atoms with Gasteiger partial charge in [-0.15, -0.1) is 11.8 Å². The van der Waals surface area contributed by atoms with Gasteiger partial charge in [0, 0.05) is 6.42 Å². The lowest BCUT2D eigenvalue weighted by Gasteiger charge is -2.39. The summed E-state index contributed by atoms with van der Waals surface area (Å²) in [5.74, 6) is 1.01. The molecule has 1 aliphatic heterocycles. The smallest absolute Gasteiger partial charge is 0.129 e. The fraction of sp³-hybridized carbons (Fsp3) is 0.455. The molecule has 0 bridgehead atoms. The molecule has 0 aliphatic carbocycles. The van der Waals surface area contributed by atoms with Crippen LogP contribution in [0.2, 0.25) is 0 Å². The maximum absolute atomic E-state index is 6.24. The van der Waals surface area contributed by atoms with E-state index in [9.17, 15) is 0 Å². The second-order valence-electron chi connectivity index (χ2n) is 6.57. The lowest BCUT2D eigenvalue weighted by Crippen LogP contribution is -2.46. The molecule has 1 heterocycles. The van der Waals surface area contributed by atoms with Gasteiger partial charge in [-0.05, 0) is 23.8 Å². The topological polar surface area (TPSA) is 27.7 Å². The molecule has 0 amide bonds. The van der Waals surface area contributed by atoms with Gasteiger partial charge >= 0.3 is 0 Å². The van der Waals surface area contributed by atoms with Crippen molar-refractivity contribution < 1.29 is 14.2 Å². The monoisotopic (exact) mass is 372 g/mol. The molecular formula is C22H28O3S. The van der Waals surface area contributed by atoms with Gasteiger partial charge in [-0.25, -0.2) is 0 Å². The Balaban J connectivity index is 1.58. The summed E-state index contributed by atoms with van der Waals surface area (Å²) in [4.78, 5) is 0. The minimum Gasteiger partial charge on any atom is -0.371 e. The highest BCUT2D eigenvalue weighted by atomic mass is 32.2. The number of hydrogen-bond acceptors (Lipinski definition) is 4. The van der Waals surface area contributed by atoms with Crippen LogP contribution in [0.4, 0.5) is 0 Å². The van der Waals surface area contributed by atoms with E-state index in [1.54, 1.807) is 0 Å². The highest BCUT2D eigenvalue weighted by Gasteiger charge is 2.37. The van der Waals surface area contributed by atoms with Crippen molar-refractivity contribution in [2.45, 2.75) is 57.2 Å². The molecule has 0 radical (unpaired) electrons. The first kappa shape index (κ1) is 19.4. The van der Waals surface area contributed by atoms with Gasteiger partial charge in [-0.2, -0.15) is 0 Å². The maximum atomic E-state index is 6.24. The van der Waals surface area contributed by atoms with Gasteiger partial charge in [0.2, 0.25) is 0 Å². The van der Waals surface area contributed by atoms with E-state index in [0.29, 0.717) is 13.2 Å². The Morgan fingerprint density at radius 3 is 1.96 bits per heavy atom. The van der Waals surface area contributed by atoms with Gasteiger partial charge in [-0.3, -0.25) is 0 Å². The number of hydrogen-bond donors (Lipinski definition) is 0. The van der Waals surface area contributed by atoms with E-state index in [-0.39, 0.29) is 23.7 Å². The van der Waals surface area contributed by atoms with Gasteiger partial charge in [-0.1, -0.05) is 67.6 Å². The van der Waals surface area contributed by atoms with Crippen LogP contribution < -0.4 is 0 Å². The molecule has 1 unspecified atom stereocenters. The molecule has 3 rings (SSSR count). The standard InChI is InChI=1S/C22H28O3S/c1-3-26-22-21(24-16-19-12-8-5-9-13-19)14-20(17(2)25-22)23-15-18-10-6-4-7-11-18/h4-13,17,20-22H,3,14-16H2,1-2H3/t17-,20+,21-,22?/m1/s1. The first-order valence-corrected chi connectivity index (χ1v) is 10.4. The summed E-state index contributed by atoms with van der Waals surface area (Å²) in [5, 5.41) is 0. The van der Waals surface area contributed by atoms with Gasteiger partial charge in [0.05, 0.1) is 31.5 Å². The lowest BCUT2D eigenvalue weighted by atomic mass is 10.0. The van der Waals surface area contributed by atoms with Crippen molar-refractivity contribution in [3.05, 3.63) is 71.8 Å². The summed E-state index contributed by atoms with van der Waals surface area (Å²) in [7, 11) is 0. The Morgan fingerprint density at radius 1 is 0.885 bits per heavy atom. The van der Waals surface area contributed by atoms with Crippen molar-refractivity contribution in [2.24, 2.45) is 0 Å². The zero-order valence-corrected chi connectivity index (χ0v) is 16.4. The molecule has 1 fully saturated rings. The quantitative estimate of drug-likeness (QED) is 0.648. The molecule has 2 aromatic carbocycles. The summed E-state index contributed by atoms with van der Waals surface area (Å²) in [6.45, 7) is 5.48. The molecule has 1 aliphatic rings. The fourth-order valence-electron chi connectivity index (χ4n) is 3.13. The Hall–Kier alpha value is -1.33. The van der Waals surface area contributed by atoms with Crippen molar-refractivity contribution in [2.75, 3.05) is 5.75 Å². The molecule has 2 aromatic rings. The van der Waals surface area contributed by atoms with Crippen LogP contribution in [0.3, 0.4) is 0 Å². The van der Waals surface area contributed by atoms with E-state index in [0.717, 1.165) is 12.2 Å². The van der Waals surface area contributed by atoms with E-state index < -0.39 is 0 Å². The second-order valence-corrected chi connectivity index (χ2v) is 7.95. The SMILES string of the molecule is CCSC1O[C@H](C)[C@@H](OCc2ccccc2)C[C@H]1OCc1ccccc1. The van der Waals surface area contributed by atoms with E-state index in [4.69, 9.17) is 14.2 Å². The number of rotatable bonds is 8. The molecule has 140 valence electrons. The second kappa shape index (κ2) is 10.1. The summed E-state index contributed by atoms with van der Waals surface area (Å²) in [5.41, 5.74) is 2.44. The molecule has 0 aromatic heterocycles. The van der Waals surface area contributed by atoms with Crippen LogP contribution in [0.25, 0.3) is 0 Å². The van der Waals surface area contributed by atoms with Crippen molar-refractivity contribution in [1.29, 1.82) is 0 Å². The lowest BCUT2D eigenvalue weighted by molar-refractivity contribution is -0.171. The van der Waals surface area contributed by atoms with Gasteiger partial charge in [0.25, 0.3) is 0 Å². The van der Waals surface area contributed by atoms with Crippen LogP contribution in [0.1, 0.15) is 31.4 Å². The zero-order valence-electron chi connectivity index (χ0n) is 15.5. The van der Waals surface area contributed by atoms with Crippen LogP contribution in [0.5, 0.6) is 0 Å².